The molecule has 2 heterocycles. The van der Waals surface area contributed by atoms with Crippen LogP contribution in [0.3, 0.4) is 0 Å². The molecule has 0 aromatic carbocycles. The van der Waals surface area contributed by atoms with Crippen molar-refractivity contribution in [2.75, 3.05) is 10.6 Å². The van der Waals surface area contributed by atoms with Crippen LogP contribution < -0.4 is 10.6 Å². The second-order valence-electron chi connectivity index (χ2n) is 7.55. The third-order valence-electron chi connectivity index (χ3n) is 5.14. The number of aryl methyl sites for hydroxylation is 2. The summed E-state index contributed by atoms with van der Waals surface area (Å²) in [7, 11) is 1.72. The Morgan fingerprint density at radius 1 is 1.15 bits per heavy atom. The minimum Gasteiger partial charge on any atom is -0.317 e. The number of amides is 2. The number of nitrogens with zero attached hydrogens (tertiary/aromatic N) is 4. The highest BCUT2D eigenvalue weighted by molar-refractivity contribution is 6.04. The molecule has 3 rings (SSSR count). The molecule has 1 aliphatic rings. The van der Waals surface area contributed by atoms with Gasteiger partial charge in [0.25, 0.3) is 5.91 Å². The van der Waals surface area contributed by atoms with Gasteiger partial charge in [0.2, 0.25) is 5.91 Å². The zero-order valence-corrected chi connectivity index (χ0v) is 16.7. The first-order valence-electron chi connectivity index (χ1n) is 9.50. The van der Waals surface area contributed by atoms with Crippen LogP contribution in [0.2, 0.25) is 0 Å². The standard InChI is InChI=1S/C19H28N6O2/c1-11(2)25-13(4)17(12(3)22-25)21-19(27)15-10-16(24(5)23-15)20-18(26)14-8-6-7-9-14/h10-11,14H,6-9H2,1-5H3,(H,20,26)(H,21,27). The number of aromatic nitrogens is 4. The van der Waals surface area contributed by atoms with Gasteiger partial charge in [0.05, 0.1) is 17.1 Å². The summed E-state index contributed by atoms with van der Waals surface area (Å²) >= 11 is 0. The van der Waals surface area contributed by atoms with Gasteiger partial charge in [0.1, 0.15) is 5.82 Å². The molecule has 2 N–H and O–H groups in total. The van der Waals surface area contributed by atoms with E-state index in [0.717, 1.165) is 37.1 Å². The predicted octanol–water partition coefficient (Wildman–Crippen LogP) is 3.20. The minimum atomic E-state index is -0.318. The summed E-state index contributed by atoms with van der Waals surface area (Å²) in [6.07, 6.45) is 4.05. The Labute approximate surface area is 159 Å². The van der Waals surface area contributed by atoms with E-state index in [0.29, 0.717) is 11.5 Å². The van der Waals surface area contributed by atoms with Gasteiger partial charge in [0, 0.05) is 25.1 Å². The Kier molecular flexibility index (Phi) is 5.34. The van der Waals surface area contributed by atoms with Crippen LogP contribution in [0.25, 0.3) is 0 Å². The molecule has 8 heteroatoms. The van der Waals surface area contributed by atoms with Gasteiger partial charge >= 0.3 is 0 Å². The normalized spacial score (nSPS) is 14.7. The average molecular weight is 372 g/mol. The molecule has 1 saturated carbocycles. The van der Waals surface area contributed by atoms with Crippen LogP contribution in [-0.4, -0.2) is 31.4 Å². The zero-order chi connectivity index (χ0) is 19.7. The maximum absolute atomic E-state index is 12.7. The van der Waals surface area contributed by atoms with Gasteiger partial charge in [-0.25, -0.2) is 0 Å². The number of anilines is 2. The van der Waals surface area contributed by atoms with E-state index in [1.165, 1.54) is 4.68 Å². The Balaban J connectivity index is 1.74. The first-order valence-corrected chi connectivity index (χ1v) is 9.50. The van der Waals surface area contributed by atoms with E-state index >= 15 is 0 Å². The Morgan fingerprint density at radius 2 is 1.81 bits per heavy atom. The summed E-state index contributed by atoms with van der Waals surface area (Å²) in [6.45, 7) is 7.89. The van der Waals surface area contributed by atoms with Crippen molar-refractivity contribution in [3.05, 3.63) is 23.1 Å². The molecule has 0 saturated heterocycles. The first kappa shape index (κ1) is 19.1. The number of hydrogen-bond acceptors (Lipinski definition) is 4. The van der Waals surface area contributed by atoms with Crippen LogP contribution in [-0.2, 0) is 11.8 Å². The molecule has 0 unspecified atom stereocenters. The lowest BCUT2D eigenvalue weighted by molar-refractivity contribution is -0.119. The third-order valence-corrected chi connectivity index (χ3v) is 5.14. The minimum absolute atomic E-state index is 0.00681. The fourth-order valence-corrected chi connectivity index (χ4v) is 3.64. The molecule has 0 radical (unpaired) electrons. The van der Waals surface area contributed by atoms with Crippen molar-refractivity contribution >= 4 is 23.3 Å². The molecule has 0 bridgehead atoms. The van der Waals surface area contributed by atoms with Gasteiger partial charge in [-0.15, -0.1) is 0 Å². The summed E-state index contributed by atoms with van der Waals surface area (Å²) in [5, 5.41) is 14.5. The van der Waals surface area contributed by atoms with Crippen molar-refractivity contribution in [3.63, 3.8) is 0 Å². The summed E-state index contributed by atoms with van der Waals surface area (Å²) in [6, 6.07) is 1.82. The van der Waals surface area contributed by atoms with Crippen LogP contribution in [0.5, 0.6) is 0 Å². The first-order chi connectivity index (χ1) is 12.8. The topological polar surface area (TPSA) is 93.8 Å². The van der Waals surface area contributed by atoms with Crippen LogP contribution in [0.4, 0.5) is 11.5 Å². The highest BCUT2D eigenvalue weighted by Gasteiger charge is 2.24. The lowest BCUT2D eigenvalue weighted by Gasteiger charge is -2.09. The highest BCUT2D eigenvalue weighted by Crippen LogP contribution is 2.26. The molecule has 27 heavy (non-hydrogen) atoms. The van der Waals surface area contributed by atoms with Gasteiger partial charge in [0.15, 0.2) is 5.69 Å². The van der Waals surface area contributed by atoms with E-state index in [1.807, 2.05) is 32.4 Å². The van der Waals surface area contributed by atoms with Crippen molar-refractivity contribution in [3.8, 4) is 0 Å². The summed E-state index contributed by atoms with van der Waals surface area (Å²) in [5.41, 5.74) is 2.63. The molecule has 0 atom stereocenters. The van der Waals surface area contributed by atoms with E-state index in [-0.39, 0.29) is 29.5 Å². The molecule has 8 nitrogen and oxygen atoms in total. The number of carbonyl (C=O) groups excluding carboxylic acids is 2. The van der Waals surface area contributed by atoms with Crippen molar-refractivity contribution in [1.29, 1.82) is 0 Å². The van der Waals surface area contributed by atoms with Gasteiger partial charge in [-0.3, -0.25) is 19.0 Å². The van der Waals surface area contributed by atoms with E-state index in [1.54, 1.807) is 13.1 Å². The molecule has 146 valence electrons. The highest BCUT2D eigenvalue weighted by atomic mass is 16.2. The van der Waals surface area contributed by atoms with Crippen molar-refractivity contribution < 1.29 is 9.59 Å². The fourth-order valence-electron chi connectivity index (χ4n) is 3.64. The summed E-state index contributed by atoms with van der Waals surface area (Å²) < 4.78 is 3.41. The maximum Gasteiger partial charge on any atom is 0.276 e. The Morgan fingerprint density at radius 3 is 2.41 bits per heavy atom. The maximum atomic E-state index is 12.7. The lowest BCUT2D eigenvalue weighted by Crippen LogP contribution is -2.21. The van der Waals surface area contributed by atoms with Crippen LogP contribution in [0.15, 0.2) is 6.07 Å². The van der Waals surface area contributed by atoms with E-state index < -0.39 is 0 Å². The van der Waals surface area contributed by atoms with Gasteiger partial charge in [-0.1, -0.05) is 12.8 Å². The molecule has 1 aliphatic carbocycles. The molecule has 2 aromatic heterocycles. The molecule has 0 aliphatic heterocycles. The monoisotopic (exact) mass is 372 g/mol. The van der Waals surface area contributed by atoms with Crippen molar-refractivity contribution in [1.82, 2.24) is 19.6 Å². The third kappa shape index (κ3) is 3.89. The number of carbonyl (C=O) groups is 2. The SMILES string of the molecule is Cc1nn(C(C)C)c(C)c1NC(=O)c1cc(NC(=O)C2CCCC2)n(C)n1. The van der Waals surface area contributed by atoms with Crippen LogP contribution in [0.1, 0.15) is 67.4 Å². The largest absolute Gasteiger partial charge is 0.317 e. The summed E-state index contributed by atoms with van der Waals surface area (Å²) in [4.78, 5) is 25.0. The Bertz CT molecular complexity index is 858. The van der Waals surface area contributed by atoms with Crippen LogP contribution in [0, 0.1) is 19.8 Å². The molecule has 2 aromatic rings. The average Bonchev–Trinajstić information content (AvgIpc) is 3.32. The number of hydrogen-bond donors (Lipinski definition) is 2. The smallest absolute Gasteiger partial charge is 0.276 e. The number of nitrogens with one attached hydrogen (secondary N) is 2. The van der Waals surface area contributed by atoms with Gasteiger partial charge < -0.3 is 10.6 Å². The van der Waals surface area contributed by atoms with Gasteiger partial charge in [-0.05, 0) is 40.5 Å². The Hall–Kier alpha value is -2.64. The summed E-state index contributed by atoms with van der Waals surface area (Å²) in [5.74, 6) is 0.279. The molecule has 1 fully saturated rings. The molecule has 2 amide bonds. The van der Waals surface area contributed by atoms with E-state index in [9.17, 15) is 9.59 Å². The fraction of sp³-hybridized carbons (Fsp3) is 0.579. The van der Waals surface area contributed by atoms with Crippen LogP contribution >= 0.6 is 0 Å². The van der Waals surface area contributed by atoms with E-state index in [4.69, 9.17) is 0 Å². The zero-order valence-electron chi connectivity index (χ0n) is 16.7. The quantitative estimate of drug-likeness (QED) is 0.843. The lowest BCUT2D eigenvalue weighted by atomic mass is 10.1. The van der Waals surface area contributed by atoms with Gasteiger partial charge in [-0.2, -0.15) is 10.2 Å². The second-order valence-corrected chi connectivity index (χ2v) is 7.55. The second kappa shape index (κ2) is 7.54. The van der Waals surface area contributed by atoms with Crippen molar-refractivity contribution in [2.45, 2.75) is 59.4 Å². The predicted molar refractivity (Wildman–Crippen MR) is 104 cm³/mol. The molecule has 0 spiro atoms. The number of rotatable bonds is 5. The van der Waals surface area contributed by atoms with Crippen molar-refractivity contribution in [2.24, 2.45) is 13.0 Å². The molecular formula is C19H28N6O2. The molecular weight excluding hydrogens is 344 g/mol. The van der Waals surface area contributed by atoms with E-state index in [2.05, 4.69) is 20.8 Å².